The molecule has 0 atom stereocenters. The van der Waals surface area contributed by atoms with Crippen LogP contribution in [0.2, 0.25) is 0 Å². The summed E-state index contributed by atoms with van der Waals surface area (Å²) < 4.78 is 0.962. The third kappa shape index (κ3) is 3.58. The van der Waals surface area contributed by atoms with E-state index in [2.05, 4.69) is 20.9 Å². The number of nitrogen functional groups attached to an aromatic ring is 1. The number of halogens is 1. The van der Waals surface area contributed by atoms with Gasteiger partial charge in [0.05, 0.1) is 0 Å². The highest BCUT2D eigenvalue weighted by Crippen LogP contribution is 2.32. The minimum atomic E-state index is 0.0689. The van der Waals surface area contributed by atoms with Crippen molar-refractivity contribution in [2.45, 2.75) is 23.8 Å². The Balaban J connectivity index is 2.42. The molecule has 19 heavy (non-hydrogen) atoms. The summed E-state index contributed by atoms with van der Waals surface area (Å²) in [4.78, 5) is 5.43. The Bertz CT molecular complexity index is 620. The quantitative estimate of drug-likeness (QED) is 0.660. The zero-order valence-electron chi connectivity index (χ0n) is 10.7. The van der Waals surface area contributed by atoms with Crippen LogP contribution < -0.4 is 5.73 Å². The van der Waals surface area contributed by atoms with Gasteiger partial charge in [-0.3, -0.25) is 5.41 Å². The molecule has 0 spiro atoms. The summed E-state index contributed by atoms with van der Waals surface area (Å²) in [7, 11) is 0. The van der Waals surface area contributed by atoms with Gasteiger partial charge in [-0.25, -0.2) is 4.98 Å². The Labute approximate surface area is 125 Å². The van der Waals surface area contributed by atoms with Gasteiger partial charge in [0.1, 0.15) is 10.9 Å². The lowest BCUT2D eigenvalue weighted by Crippen LogP contribution is -2.12. The highest BCUT2D eigenvalue weighted by Gasteiger charge is 2.09. The lowest BCUT2D eigenvalue weighted by molar-refractivity contribution is 1.05. The van der Waals surface area contributed by atoms with Gasteiger partial charge in [-0.2, -0.15) is 0 Å². The number of aromatic nitrogens is 1. The minimum absolute atomic E-state index is 0.0689. The molecule has 0 aliphatic carbocycles. The molecule has 0 aliphatic heterocycles. The number of hydrogen-bond acceptors (Lipinski definition) is 3. The average molecular weight is 336 g/mol. The predicted molar refractivity (Wildman–Crippen MR) is 83.0 cm³/mol. The van der Waals surface area contributed by atoms with Crippen molar-refractivity contribution in [3.8, 4) is 0 Å². The molecule has 0 aliphatic rings. The van der Waals surface area contributed by atoms with E-state index in [0.29, 0.717) is 0 Å². The molecule has 98 valence electrons. The van der Waals surface area contributed by atoms with Crippen molar-refractivity contribution in [2.75, 3.05) is 0 Å². The normalized spacial score (nSPS) is 10.5. The topological polar surface area (TPSA) is 62.8 Å². The van der Waals surface area contributed by atoms with Gasteiger partial charge in [0, 0.05) is 20.6 Å². The second-order valence-corrected chi connectivity index (χ2v) is 6.26. The summed E-state index contributed by atoms with van der Waals surface area (Å²) >= 11 is 4.97. The van der Waals surface area contributed by atoms with Crippen molar-refractivity contribution in [1.29, 1.82) is 5.41 Å². The van der Waals surface area contributed by atoms with E-state index in [1.807, 2.05) is 44.2 Å². The van der Waals surface area contributed by atoms with Crippen molar-refractivity contribution >= 4 is 33.5 Å². The monoisotopic (exact) mass is 335 g/mol. The second kappa shape index (κ2) is 5.75. The van der Waals surface area contributed by atoms with Gasteiger partial charge >= 0.3 is 0 Å². The Hall–Kier alpha value is -1.33. The molecule has 0 saturated heterocycles. The standard InChI is InChI=1S/C14H14BrN3S/c1-8-5-9(2)18-13(6-8)19-12-7-10(15)3-4-11(12)14(16)17/h3-7H,1-2H3,(H3,16,17). The predicted octanol–water partition coefficient (Wildman–Crippen LogP) is 3.90. The SMILES string of the molecule is Cc1cc(C)nc(Sc2cc(Br)ccc2C(=N)N)c1. The highest BCUT2D eigenvalue weighted by molar-refractivity contribution is 9.10. The van der Waals surface area contributed by atoms with Crippen LogP contribution in [0.4, 0.5) is 0 Å². The number of nitrogens with one attached hydrogen (secondary N) is 1. The van der Waals surface area contributed by atoms with Crippen LogP contribution in [0, 0.1) is 19.3 Å². The van der Waals surface area contributed by atoms with Crippen LogP contribution >= 0.6 is 27.7 Å². The van der Waals surface area contributed by atoms with Gasteiger partial charge in [0.25, 0.3) is 0 Å². The molecule has 5 heteroatoms. The van der Waals surface area contributed by atoms with Crippen LogP contribution in [-0.2, 0) is 0 Å². The summed E-state index contributed by atoms with van der Waals surface area (Å²) in [5, 5.41) is 8.54. The van der Waals surface area contributed by atoms with E-state index in [1.165, 1.54) is 17.3 Å². The van der Waals surface area contributed by atoms with Crippen molar-refractivity contribution in [1.82, 2.24) is 4.98 Å². The fourth-order valence-corrected chi connectivity index (χ4v) is 3.42. The lowest BCUT2D eigenvalue weighted by Gasteiger charge is -2.09. The van der Waals surface area contributed by atoms with Gasteiger partial charge in [0.2, 0.25) is 0 Å². The number of amidine groups is 1. The van der Waals surface area contributed by atoms with Crippen molar-refractivity contribution in [2.24, 2.45) is 5.73 Å². The van der Waals surface area contributed by atoms with E-state index >= 15 is 0 Å². The summed E-state index contributed by atoms with van der Waals surface area (Å²) in [6.45, 7) is 4.02. The van der Waals surface area contributed by atoms with E-state index < -0.39 is 0 Å². The van der Waals surface area contributed by atoms with Crippen molar-refractivity contribution in [3.63, 3.8) is 0 Å². The molecule has 3 N–H and O–H groups in total. The first-order valence-electron chi connectivity index (χ1n) is 5.73. The molecular weight excluding hydrogens is 322 g/mol. The molecule has 0 saturated carbocycles. The molecule has 1 heterocycles. The van der Waals surface area contributed by atoms with Crippen LogP contribution in [0.5, 0.6) is 0 Å². The highest BCUT2D eigenvalue weighted by atomic mass is 79.9. The second-order valence-electron chi connectivity index (χ2n) is 4.28. The van der Waals surface area contributed by atoms with Gasteiger partial charge < -0.3 is 5.73 Å². The Morgan fingerprint density at radius 2 is 2.00 bits per heavy atom. The number of nitrogens with two attached hydrogens (primary N) is 1. The first-order chi connectivity index (χ1) is 8.95. The van der Waals surface area contributed by atoms with E-state index in [0.717, 1.165) is 25.7 Å². The summed E-state index contributed by atoms with van der Waals surface area (Å²) in [5.74, 6) is 0.0689. The first kappa shape index (κ1) is 14.1. The zero-order chi connectivity index (χ0) is 14.0. The number of aryl methyl sites for hydroxylation is 2. The van der Waals surface area contributed by atoms with Crippen LogP contribution in [0.15, 0.2) is 44.7 Å². The number of rotatable bonds is 3. The molecule has 0 fully saturated rings. The molecule has 0 bridgehead atoms. The number of nitrogens with zero attached hydrogens (tertiary/aromatic N) is 1. The third-order valence-corrected chi connectivity index (χ3v) is 3.99. The number of hydrogen-bond donors (Lipinski definition) is 2. The van der Waals surface area contributed by atoms with Crippen LogP contribution in [-0.4, -0.2) is 10.8 Å². The summed E-state index contributed by atoms with van der Waals surface area (Å²) in [6.07, 6.45) is 0. The number of pyridine rings is 1. The molecule has 0 radical (unpaired) electrons. The molecule has 0 unspecified atom stereocenters. The average Bonchev–Trinajstić information content (AvgIpc) is 2.26. The smallest absolute Gasteiger partial charge is 0.123 e. The Kier molecular flexibility index (Phi) is 4.27. The fraction of sp³-hybridized carbons (Fsp3) is 0.143. The molecule has 2 rings (SSSR count). The van der Waals surface area contributed by atoms with Gasteiger partial charge in [-0.15, -0.1) is 0 Å². The maximum Gasteiger partial charge on any atom is 0.123 e. The summed E-state index contributed by atoms with van der Waals surface area (Å²) in [5.41, 5.74) is 8.51. The summed E-state index contributed by atoms with van der Waals surface area (Å²) in [6, 6.07) is 9.76. The van der Waals surface area contributed by atoms with E-state index in [-0.39, 0.29) is 5.84 Å². The molecule has 0 amide bonds. The maximum absolute atomic E-state index is 7.63. The Morgan fingerprint density at radius 1 is 1.26 bits per heavy atom. The third-order valence-electron chi connectivity index (χ3n) is 2.52. The van der Waals surface area contributed by atoms with E-state index in [4.69, 9.17) is 11.1 Å². The number of benzene rings is 1. The Morgan fingerprint density at radius 3 is 2.63 bits per heavy atom. The first-order valence-corrected chi connectivity index (χ1v) is 7.34. The lowest BCUT2D eigenvalue weighted by atomic mass is 10.2. The van der Waals surface area contributed by atoms with Gasteiger partial charge in [-0.05, 0) is 49.7 Å². The largest absolute Gasteiger partial charge is 0.384 e. The fourth-order valence-electron chi connectivity index (χ4n) is 1.77. The van der Waals surface area contributed by atoms with Crippen molar-refractivity contribution in [3.05, 3.63) is 51.6 Å². The van der Waals surface area contributed by atoms with E-state index in [9.17, 15) is 0 Å². The van der Waals surface area contributed by atoms with Gasteiger partial charge in [-0.1, -0.05) is 27.7 Å². The van der Waals surface area contributed by atoms with Crippen LogP contribution in [0.1, 0.15) is 16.8 Å². The van der Waals surface area contributed by atoms with Gasteiger partial charge in [0.15, 0.2) is 0 Å². The van der Waals surface area contributed by atoms with Crippen molar-refractivity contribution < 1.29 is 0 Å². The minimum Gasteiger partial charge on any atom is -0.384 e. The molecule has 3 nitrogen and oxygen atoms in total. The van der Waals surface area contributed by atoms with Crippen LogP contribution in [0.25, 0.3) is 0 Å². The maximum atomic E-state index is 7.63. The molecule has 1 aromatic carbocycles. The molecular formula is C14H14BrN3S. The molecule has 2 aromatic rings. The van der Waals surface area contributed by atoms with Crippen LogP contribution in [0.3, 0.4) is 0 Å². The zero-order valence-corrected chi connectivity index (χ0v) is 13.1. The van der Waals surface area contributed by atoms with E-state index in [1.54, 1.807) is 0 Å². The molecule has 1 aromatic heterocycles.